The van der Waals surface area contributed by atoms with Crippen LogP contribution in [0.5, 0.6) is 11.5 Å². The first kappa shape index (κ1) is 25.6. The number of rotatable bonds is 10. The second-order valence-electron chi connectivity index (χ2n) is 7.39. The van der Waals surface area contributed by atoms with Crippen LogP contribution in [0.25, 0.3) is 0 Å². The van der Waals surface area contributed by atoms with Gasteiger partial charge in [-0.1, -0.05) is 29.8 Å². The molecule has 0 unspecified atom stereocenters. The minimum absolute atomic E-state index is 0.105. The SMILES string of the molecule is COc1ccc(OC)c(NC(=O)COC(=O)c2ccccc2SCC(=O)Nc2ccc(C)cc2)c1. The van der Waals surface area contributed by atoms with Gasteiger partial charge in [0.05, 0.1) is 31.2 Å². The van der Waals surface area contributed by atoms with Crippen LogP contribution >= 0.6 is 11.8 Å². The summed E-state index contributed by atoms with van der Waals surface area (Å²) in [6.45, 7) is 1.48. The van der Waals surface area contributed by atoms with E-state index in [4.69, 9.17) is 14.2 Å². The van der Waals surface area contributed by atoms with Gasteiger partial charge in [0.1, 0.15) is 11.5 Å². The van der Waals surface area contributed by atoms with Crippen molar-refractivity contribution in [2.75, 3.05) is 37.2 Å². The number of esters is 1. The topological polar surface area (TPSA) is 103 Å². The number of amides is 2. The molecule has 0 saturated carbocycles. The van der Waals surface area contributed by atoms with Crippen LogP contribution in [0.4, 0.5) is 11.4 Å². The highest BCUT2D eigenvalue weighted by atomic mass is 32.2. The van der Waals surface area contributed by atoms with Gasteiger partial charge in [-0.2, -0.15) is 0 Å². The zero-order valence-corrected chi connectivity index (χ0v) is 20.4. The molecule has 0 atom stereocenters. The van der Waals surface area contributed by atoms with E-state index >= 15 is 0 Å². The summed E-state index contributed by atoms with van der Waals surface area (Å²) in [7, 11) is 2.99. The zero-order chi connectivity index (χ0) is 25.2. The highest BCUT2D eigenvalue weighted by Crippen LogP contribution is 2.29. The number of nitrogens with one attached hydrogen (secondary N) is 2. The molecule has 35 heavy (non-hydrogen) atoms. The summed E-state index contributed by atoms with van der Waals surface area (Å²) in [6.07, 6.45) is 0. The lowest BCUT2D eigenvalue weighted by molar-refractivity contribution is -0.119. The normalized spacial score (nSPS) is 10.3. The van der Waals surface area contributed by atoms with E-state index in [0.29, 0.717) is 27.8 Å². The Morgan fingerprint density at radius 3 is 2.31 bits per heavy atom. The summed E-state index contributed by atoms with van der Waals surface area (Å²) in [5, 5.41) is 5.47. The summed E-state index contributed by atoms with van der Waals surface area (Å²) in [5.41, 5.74) is 2.46. The van der Waals surface area contributed by atoms with Crippen molar-refractivity contribution in [3.05, 3.63) is 77.9 Å². The molecular formula is C26H26N2O6S. The van der Waals surface area contributed by atoms with Gasteiger partial charge in [-0.05, 0) is 43.3 Å². The van der Waals surface area contributed by atoms with Crippen molar-refractivity contribution in [2.24, 2.45) is 0 Å². The molecule has 0 bridgehead atoms. The lowest BCUT2D eigenvalue weighted by Crippen LogP contribution is -2.21. The summed E-state index contributed by atoms with van der Waals surface area (Å²) >= 11 is 1.21. The van der Waals surface area contributed by atoms with Crippen molar-refractivity contribution in [3.63, 3.8) is 0 Å². The number of ether oxygens (including phenoxy) is 3. The number of carbonyl (C=O) groups excluding carboxylic acids is 3. The molecule has 3 aromatic rings. The predicted molar refractivity (Wildman–Crippen MR) is 135 cm³/mol. The van der Waals surface area contributed by atoms with Gasteiger partial charge in [0.2, 0.25) is 5.91 Å². The fourth-order valence-corrected chi connectivity index (χ4v) is 3.89. The van der Waals surface area contributed by atoms with Crippen LogP contribution in [0.15, 0.2) is 71.6 Å². The van der Waals surface area contributed by atoms with Crippen LogP contribution in [0.2, 0.25) is 0 Å². The standard InChI is InChI=1S/C26H26N2O6S/c1-17-8-10-18(11-9-17)27-25(30)16-35-23-7-5-4-6-20(23)26(31)34-15-24(29)28-21-14-19(32-2)12-13-22(21)33-3/h4-14H,15-16H2,1-3H3,(H,27,30)(H,28,29). The molecule has 3 rings (SSSR count). The van der Waals surface area contributed by atoms with Gasteiger partial charge in [0.25, 0.3) is 5.91 Å². The maximum absolute atomic E-state index is 12.7. The van der Waals surface area contributed by atoms with E-state index in [1.807, 2.05) is 31.2 Å². The Hall–Kier alpha value is -3.98. The van der Waals surface area contributed by atoms with E-state index in [1.165, 1.54) is 26.0 Å². The van der Waals surface area contributed by atoms with Crippen LogP contribution in [0.3, 0.4) is 0 Å². The van der Waals surface area contributed by atoms with Crippen molar-refractivity contribution in [1.29, 1.82) is 0 Å². The number of aryl methyl sites for hydroxylation is 1. The predicted octanol–water partition coefficient (Wildman–Crippen LogP) is 4.54. The van der Waals surface area contributed by atoms with Crippen molar-refractivity contribution in [2.45, 2.75) is 11.8 Å². The minimum atomic E-state index is -0.667. The summed E-state index contributed by atoms with van der Waals surface area (Å²) in [4.78, 5) is 37.9. The second kappa shape index (κ2) is 12.5. The average molecular weight is 495 g/mol. The second-order valence-corrected chi connectivity index (χ2v) is 8.41. The van der Waals surface area contributed by atoms with E-state index in [1.54, 1.807) is 42.5 Å². The summed E-state index contributed by atoms with van der Waals surface area (Å²) < 4.78 is 15.6. The molecule has 0 saturated heterocycles. The molecule has 3 aromatic carbocycles. The molecular weight excluding hydrogens is 468 g/mol. The van der Waals surface area contributed by atoms with Gasteiger partial charge >= 0.3 is 5.97 Å². The Labute approximate surface area is 208 Å². The van der Waals surface area contributed by atoms with Crippen LogP contribution in [0.1, 0.15) is 15.9 Å². The zero-order valence-electron chi connectivity index (χ0n) is 19.6. The van der Waals surface area contributed by atoms with E-state index in [2.05, 4.69) is 10.6 Å². The van der Waals surface area contributed by atoms with E-state index in [-0.39, 0.29) is 17.2 Å². The maximum atomic E-state index is 12.7. The van der Waals surface area contributed by atoms with Crippen molar-refractivity contribution in [3.8, 4) is 11.5 Å². The van der Waals surface area contributed by atoms with Crippen LogP contribution in [0, 0.1) is 6.92 Å². The monoisotopic (exact) mass is 494 g/mol. The van der Waals surface area contributed by atoms with Gasteiger partial charge < -0.3 is 24.8 Å². The molecule has 0 aromatic heterocycles. The molecule has 8 nitrogen and oxygen atoms in total. The third kappa shape index (κ3) is 7.51. The molecule has 0 aliphatic rings. The van der Waals surface area contributed by atoms with Crippen molar-refractivity contribution >= 4 is 40.9 Å². The first-order valence-corrected chi connectivity index (χ1v) is 11.7. The number of anilines is 2. The molecule has 182 valence electrons. The van der Waals surface area contributed by atoms with Gasteiger partial charge in [0, 0.05) is 16.6 Å². The number of hydrogen-bond donors (Lipinski definition) is 2. The lowest BCUT2D eigenvalue weighted by Gasteiger charge is -2.12. The van der Waals surface area contributed by atoms with Crippen LogP contribution in [-0.4, -0.2) is 44.4 Å². The van der Waals surface area contributed by atoms with E-state index < -0.39 is 18.5 Å². The Kier molecular flexibility index (Phi) is 9.14. The van der Waals surface area contributed by atoms with Gasteiger partial charge in [-0.15, -0.1) is 11.8 Å². The highest BCUT2D eigenvalue weighted by molar-refractivity contribution is 8.00. The molecule has 0 heterocycles. The van der Waals surface area contributed by atoms with Gasteiger partial charge in [0.15, 0.2) is 6.61 Å². The average Bonchev–Trinajstić information content (AvgIpc) is 2.87. The number of methoxy groups -OCH3 is 2. The highest BCUT2D eigenvalue weighted by Gasteiger charge is 2.17. The molecule has 2 amide bonds. The Morgan fingerprint density at radius 2 is 1.60 bits per heavy atom. The third-order valence-electron chi connectivity index (χ3n) is 4.82. The van der Waals surface area contributed by atoms with E-state index in [9.17, 15) is 14.4 Å². The fraction of sp³-hybridized carbons (Fsp3) is 0.192. The van der Waals surface area contributed by atoms with Gasteiger partial charge in [-0.3, -0.25) is 9.59 Å². The number of hydrogen-bond acceptors (Lipinski definition) is 7. The summed E-state index contributed by atoms with van der Waals surface area (Å²) in [6, 6.07) is 19.2. The molecule has 2 N–H and O–H groups in total. The molecule has 0 aliphatic carbocycles. The molecule has 0 aliphatic heterocycles. The molecule has 0 spiro atoms. The molecule has 0 fully saturated rings. The quantitative estimate of drug-likeness (QED) is 0.315. The smallest absolute Gasteiger partial charge is 0.339 e. The van der Waals surface area contributed by atoms with Crippen molar-refractivity contribution in [1.82, 2.24) is 0 Å². The first-order valence-electron chi connectivity index (χ1n) is 10.7. The minimum Gasteiger partial charge on any atom is -0.497 e. The number of carbonyl (C=O) groups is 3. The van der Waals surface area contributed by atoms with Crippen LogP contribution in [-0.2, 0) is 14.3 Å². The maximum Gasteiger partial charge on any atom is 0.339 e. The van der Waals surface area contributed by atoms with Gasteiger partial charge in [-0.25, -0.2) is 4.79 Å². The first-order chi connectivity index (χ1) is 16.9. The summed E-state index contributed by atoms with van der Waals surface area (Å²) in [5.74, 6) is -0.318. The molecule has 9 heteroatoms. The Balaban J connectivity index is 1.56. The van der Waals surface area contributed by atoms with Crippen molar-refractivity contribution < 1.29 is 28.6 Å². The largest absolute Gasteiger partial charge is 0.497 e. The van der Waals surface area contributed by atoms with Crippen LogP contribution < -0.4 is 20.1 Å². The number of benzene rings is 3. The number of thioether (sulfide) groups is 1. The van der Waals surface area contributed by atoms with E-state index in [0.717, 1.165) is 5.56 Å². The molecule has 0 radical (unpaired) electrons. The Bertz CT molecular complexity index is 1200. The lowest BCUT2D eigenvalue weighted by atomic mass is 10.2. The fourth-order valence-electron chi connectivity index (χ4n) is 3.05. The Morgan fingerprint density at radius 1 is 0.857 bits per heavy atom. The third-order valence-corrected chi connectivity index (χ3v) is 5.89.